The molecule has 1 aliphatic heterocycles. The zero-order valence-corrected chi connectivity index (χ0v) is 17.0. The van der Waals surface area contributed by atoms with Gasteiger partial charge in [-0.1, -0.05) is 80.1 Å². The van der Waals surface area contributed by atoms with Gasteiger partial charge in [0, 0.05) is 36.2 Å². The molecule has 0 bridgehead atoms. The minimum atomic E-state index is 0. The monoisotopic (exact) mass is 403 g/mol. The summed E-state index contributed by atoms with van der Waals surface area (Å²) >= 11 is 5.47. The average Bonchev–Trinajstić information content (AvgIpc) is 2.48. The zero-order valence-electron chi connectivity index (χ0n) is 13.4. The van der Waals surface area contributed by atoms with E-state index in [9.17, 15) is 0 Å². The Kier molecular flexibility index (Phi) is 44.9. The Balaban J connectivity index is -0.0000000881. The van der Waals surface area contributed by atoms with Crippen LogP contribution in [-0.2, 0) is 0 Å². The molecule has 0 saturated carbocycles. The fraction of sp³-hybridized carbons (Fsp3) is 0.529. The summed E-state index contributed by atoms with van der Waals surface area (Å²) in [6.07, 6.45) is 11.8. The number of hydrogen-bond acceptors (Lipinski definition) is 1. The molecule has 0 aliphatic carbocycles. The van der Waals surface area contributed by atoms with Crippen LogP contribution in [0.5, 0.6) is 0 Å². The van der Waals surface area contributed by atoms with Gasteiger partial charge in [0.15, 0.2) is 0 Å². The van der Waals surface area contributed by atoms with Gasteiger partial charge in [-0.05, 0) is 11.9 Å². The van der Waals surface area contributed by atoms with E-state index in [1.807, 2.05) is 0 Å². The molecule has 0 unspecified atom stereocenters. The molecule has 0 spiro atoms. The van der Waals surface area contributed by atoms with Crippen LogP contribution >= 0.6 is 11.6 Å². The van der Waals surface area contributed by atoms with E-state index in [1.165, 1.54) is 19.3 Å². The molecule has 0 aromatic heterocycles. The number of nitrogens with zero attached hydrogens (tertiary/aromatic N) is 1. The molecule has 1 aliphatic rings. The van der Waals surface area contributed by atoms with Gasteiger partial charge in [-0.15, -0.1) is 11.6 Å². The minimum absolute atomic E-state index is 0. The molecule has 8 radical (unpaired) electrons. The second kappa shape index (κ2) is 31.6. The largest absolute Gasteiger partial charge is 0.215 e. The maximum absolute atomic E-state index is 5.47. The van der Waals surface area contributed by atoms with Crippen molar-refractivity contribution < 1.29 is 0 Å². The van der Waals surface area contributed by atoms with Gasteiger partial charge in [-0.3, -0.25) is 0 Å². The standard InChI is InChI=1S/C5H3ClN.3C4H9.Sn/c6-5-1-3-7-4-2-5;3*1-3-4-2;/h1-3H;3*1,3-4H2,2H3;. The molecule has 0 saturated heterocycles. The molecule has 0 fully saturated rings. The molecule has 1 heterocycles. The van der Waals surface area contributed by atoms with Gasteiger partial charge in [-0.2, -0.15) is 0 Å². The van der Waals surface area contributed by atoms with Crippen molar-refractivity contribution >= 4 is 41.4 Å². The van der Waals surface area contributed by atoms with Crippen molar-refractivity contribution in [2.24, 2.45) is 4.99 Å². The van der Waals surface area contributed by atoms with Gasteiger partial charge in [0.1, 0.15) is 5.38 Å². The molecule has 0 amide bonds. The van der Waals surface area contributed by atoms with Gasteiger partial charge in [-0.25, -0.2) is 4.99 Å². The van der Waals surface area contributed by atoms with Crippen LogP contribution in [0.4, 0.5) is 0 Å². The van der Waals surface area contributed by atoms with Gasteiger partial charge < -0.3 is 0 Å². The SMILES string of the molecule is Cl[C]1C=C=NC=C1.[CH2]CCC.[CH2]CCC.[CH2]CCC.[Sn]. The van der Waals surface area contributed by atoms with Crippen molar-refractivity contribution in [1.29, 1.82) is 0 Å². The van der Waals surface area contributed by atoms with Crippen molar-refractivity contribution in [2.45, 2.75) is 59.3 Å². The Labute approximate surface area is 149 Å². The van der Waals surface area contributed by atoms with E-state index in [-0.39, 0.29) is 23.9 Å². The summed E-state index contributed by atoms with van der Waals surface area (Å²) in [5, 5.41) is 0.676. The second-order valence-corrected chi connectivity index (χ2v) is 4.10. The molecule has 0 aromatic carbocycles. The molecule has 0 N–H and O–H groups in total. The third-order valence-corrected chi connectivity index (χ3v) is 1.88. The van der Waals surface area contributed by atoms with Crippen LogP contribution in [0.2, 0.25) is 0 Å². The molecule has 20 heavy (non-hydrogen) atoms. The normalized spacial score (nSPS) is 10.9. The Hall–Kier alpha value is 0.279. The third kappa shape index (κ3) is 42.9. The van der Waals surface area contributed by atoms with Crippen LogP contribution in [-0.4, -0.2) is 29.8 Å². The number of halogens is 1. The molecular weight excluding hydrogens is 372 g/mol. The first-order valence-corrected chi connectivity index (χ1v) is 7.37. The van der Waals surface area contributed by atoms with Gasteiger partial charge in [0.25, 0.3) is 0 Å². The molecule has 1 nitrogen and oxygen atoms in total. The maximum Gasteiger partial charge on any atom is 0.118 e. The van der Waals surface area contributed by atoms with Crippen molar-refractivity contribution in [3.05, 3.63) is 44.5 Å². The number of aliphatic imine (C=N–C) groups is 1. The molecular formula is C17H30ClNSn. The number of unbranched alkanes of at least 4 members (excludes halogenated alkanes) is 3. The van der Waals surface area contributed by atoms with Gasteiger partial charge >= 0.3 is 0 Å². The van der Waals surface area contributed by atoms with Crippen molar-refractivity contribution in [3.8, 4) is 0 Å². The fourth-order valence-electron chi connectivity index (χ4n) is 0.299. The topological polar surface area (TPSA) is 12.4 Å². The smallest absolute Gasteiger partial charge is 0.118 e. The quantitative estimate of drug-likeness (QED) is 0.514. The maximum atomic E-state index is 5.47. The predicted molar refractivity (Wildman–Crippen MR) is 96.8 cm³/mol. The third-order valence-electron chi connectivity index (χ3n) is 1.65. The van der Waals surface area contributed by atoms with E-state index in [0.29, 0.717) is 5.38 Å². The van der Waals surface area contributed by atoms with Crippen LogP contribution in [0.1, 0.15) is 59.3 Å². The Morgan fingerprint density at radius 1 is 1.00 bits per heavy atom. The molecule has 0 atom stereocenters. The van der Waals surface area contributed by atoms with E-state index in [2.05, 4.69) is 52.4 Å². The first kappa shape index (κ1) is 28.4. The van der Waals surface area contributed by atoms with E-state index in [1.54, 1.807) is 18.4 Å². The first-order valence-electron chi connectivity index (χ1n) is 6.99. The van der Waals surface area contributed by atoms with Gasteiger partial charge in [0.2, 0.25) is 0 Å². The Morgan fingerprint density at radius 3 is 1.45 bits per heavy atom. The summed E-state index contributed by atoms with van der Waals surface area (Å²) in [4.78, 5) is 3.64. The minimum Gasteiger partial charge on any atom is -0.215 e. The van der Waals surface area contributed by atoms with Crippen LogP contribution in [0.25, 0.3) is 0 Å². The number of hydrogen-bond donors (Lipinski definition) is 0. The fourth-order valence-corrected chi connectivity index (χ4v) is 0.404. The molecule has 0 aromatic rings. The van der Waals surface area contributed by atoms with Crippen molar-refractivity contribution in [3.63, 3.8) is 0 Å². The summed E-state index contributed by atoms with van der Waals surface area (Å²) in [5.41, 5.74) is 0. The van der Waals surface area contributed by atoms with Crippen LogP contribution in [0.3, 0.4) is 0 Å². The van der Waals surface area contributed by atoms with E-state index in [0.717, 1.165) is 19.3 Å². The Bertz CT molecular complexity index is 206. The summed E-state index contributed by atoms with van der Waals surface area (Å²) in [7, 11) is 0. The predicted octanol–water partition coefficient (Wildman–Crippen LogP) is 5.99. The summed E-state index contributed by atoms with van der Waals surface area (Å²) < 4.78 is 0. The van der Waals surface area contributed by atoms with Crippen molar-refractivity contribution in [1.82, 2.24) is 0 Å². The zero-order chi connectivity index (χ0) is 15.4. The van der Waals surface area contributed by atoms with Crippen molar-refractivity contribution in [2.75, 3.05) is 0 Å². The van der Waals surface area contributed by atoms with Crippen LogP contribution < -0.4 is 0 Å². The number of allylic oxidation sites excluding steroid dienone is 2. The average molecular weight is 403 g/mol. The summed E-state index contributed by atoms with van der Waals surface area (Å²) in [5.74, 6) is 2.58. The van der Waals surface area contributed by atoms with E-state index in [4.69, 9.17) is 11.6 Å². The second-order valence-electron chi connectivity index (χ2n) is 3.66. The molecule has 3 heteroatoms. The van der Waals surface area contributed by atoms with E-state index < -0.39 is 0 Å². The summed E-state index contributed by atoms with van der Waals surface area (Å²) in [6, 6.07) is 0. The van der Waals surface area contributed by atoms with Crippen LogP contribution in [0, 0.1) is 26.1 Å². The summed E-state index contributed by atoms with van der Waals surface area (Å²) in [6.45, 7) is 17.2. The molecule has 114 valence electrons. The van der Waals surface area contributed by atoms with E-state index >= 15 is 0 Å². The van der Waals surface area contributed by atoms with Gasteiger partial charge in [0.05, 0.1) is 0 Å². The molecule has 1 rings (SSSR count). The first-order chi connectivity index (χ1) is 9.14. The Morgan fingerprint density at radius 2 is 1.35 bits per heavy atom. The number of rotatable bonds is 3. The van der Waals surface area contributed by atoms with Crippen LogP contribution in [0.15, 0.2) is 23.3 Å².